The molecular formula is C17H25ClN2O3. The number of hydrogen-bond donors (Lipinski definition) is 1. The highest BCUT2D eigenvalue weighted by Crippen LogP contribution is 2.11. The van der Waals surface area contributed by atoms with Gasteiger partial charge in [-0.3, -0.25) is 9.69 Å². The average Bonchev–Trinajstić information content (AvgIpc) is 2.47. The van der Waals surface area contributed by atoms with Gasteiger partial charge in [-0.1, -0.05) is 37.6 Å². The van der Waals surface area contributed by atoms with E-state index in [0.29, 0.717) is 18.0 Å². The first kappa shape index (κ1) is 19.5. The van der Waals surface area contributed by atoms with Gasteiger partial charge in [-0.2, -0.15) is 0 Å². The fourth-order valence-electron chi connectivity index (χ4n) is 2.27. The Morgan fingerprint density at radius 2 is 1.87 bits per heavy atom. The molecule has 0 aliphatic rings. The molecule has 0 radical (unpaired) electrons. The average molecular weight is 341 g/mol. The SMILES string of the molecule is COC(=O)C(CC(C)C)NC(=O)CN(C)Cc1ccc(Cl)cc1. The van der Waals surface area contributed by atoms with Crippen molar-refractivity contribution in [1.29, 1.82) is 0 Å². The second-order valence-corrected chi connectivity index (χ2v) is 6.51. The normalized spacial score (nSPS) is 12.3. The van der Waals surface area contributed by atoms with Crippen molar-refractivity contribution in [2.75, 3.05) is 20.7 Å². The van der Waals surface area contributed by atoms with Crippen molar-refractivity contribution >= 4 is 23.5 Å². The van der Waals surface area contributed by atoms with Crippen LogP contribution in [0.5, 0.6) is 0 Å². The number of methoxy groups -OCH3 is 1. The lowest BCUT2D eigenvalue weighted by molar-refractivity contribution is -0.145. The molecule has 1 aromatic carbocycles. The molecule has 0 aromatic heterocycles. The summed E-state index contributed by atoms with van der Waals surface area (Å²) in [4.78, 5) is 25.7. The van der Waals surface area contributed by atoms with Crippen LogP contribution in [0.4, 0.5) is 0 Å². The Kier molecular flexibility index (Phi) is 8.06. The highest BCUT2D eigenvalue weighted by atomic mass is 35.5. The van der Waals surface area contributed by atoms with Gasteiger partial charge in [0.1, 0.15) is 6.04 Å². The number of rotatable bonds is 8. The Bertz CT molecular complexity index is 517. The monoisotopic (exact) mass is 340 g/mol. The van der Waals surface area contributed by atoms with E-state index in [1.165, 1.54) is 7.11 Å². The quantitative estimate of drug-likeness (QED) is 0.739. The van der Waals surface area contributed by atoms with Gasteiger partial charge < -0.3 is 10.1 Å². The molecule has 0 heterocycles. The van der Waals surface area contributed by atoms with Crippen LogP contribution in [0.2, 0.25) is 5.02 Å². The van der Waals surface area contributed by atoms with Crippen molar-refractivity contribution < 1.29 is 14.3 Å². The van der Waals surface area contributed by atoms with Crippen molar-refractivity contribution in [3.8, 4) is 0 Å². The van der Waals surface area contributed by atoms with Crippen molar-refractivity contribution in [1.82, 2.24) is 10.2 Å². The number of nitrogens with zero attached hydrogens (tertiary/aromatic N) is 1. The molecule has 5 nitrogen and oxygen atoms in total. The van der Waals surface area contributed by atoms with Crippen molar-refractivity contribution in [3.63, 3.8) is 0 Å². The molecule has 0 bridgehead atoms. The molecule has 1 amide bonds. The smallest absolute Gasteiger partial charge is 0.328 e. The summed E-state index contributed by atoms with van der Waals surface area (Å²) in [5.74, 6) is -0.323. The summed E-state index contributed by atoms with van der Waals surface area (Å²) < 4.78 is 4.75. The van der Waals surface area contributed by atoms with Gasteiger partial charge in [0.05, 0.1) is 13.7 Å². The summed E-state index contributed by atoms with van der Waals surface area (Å²) in [6.45, 7) is 4.81. The standard InChI is InChI=1S/C17H25ClN2O3/c1-12(2)9-15(17(22)23-4)19-16(21)11-20(3)10-13-5-7-14(18)8-6-13/h5-8,12,15H,9-11H2,1-4H3,(H,19,21). The first-order valence-corrected chi connectivity index (χ1v) is 7.99. The van der Waals surface area contributed by atoms with Crippen LogP contribution in [-0.2, 0) is 20.9 Å². The maximum atomic E-state index is 12.1. The molecule has 1 N–H and O–H groups in total. The van der Waals surface area contributed by atoms with Crippen LogP contribution in [0.3, 0.4) is 0 Å². The predicted octanol–water partition coefficient (Wildman–Crippen LogP) is 2.48. The van der Waals surface area contributed by atoms with Gasteiger partial charge in [-0.05, 0) is 37.1 Å². The van der Waals surface area contributed by atoms with Gasteiger partial charge in [0, 0.05) is 11.6 Å². The van der Waals surface area contributed by atoms with Gasteiger partial charge in [0.25, 0.3) is 0 Å². The number of ether oxygens (including phenoxy) is 1. The Hall–Kier alpha value is -1.59. The van der Waals surface area contributed by atoms with E-state index >= 15 is 0 Å². The third-order valence-electron chi connectivity index (χ3n) is 3.31. The second kappa shape index (κ2) is 9.53. The Balaban J connectivity index is 2.52. The summed E-state index contributed by atoms with van der Waals surface area (Å²) in [6.07, 6.45) is 0.555. The minimum absolute atomic E-state index is 0.197. The number of carbonyl (C=O) groups excluding carboxylic acids is 2. The molecule has 0 aliphatic heterocycles. The van der Waals surface area contributed by atoms with Crippen LogP contribution in [0.15, 0.2) is 24.3 Å². The van der Waals surface area contributed by atoms with Crippen LogP contribution in [0.1, 0.15) is 25.8 Å². The van der Waals surface area contributed by atoms with E-state index in [9.17, 15) is 9.59 Å². The molecular weight excluding hydrogens is 316 g/mol. The predicted molar refractivity (Wildman–Crippen MR) is 91.2 cm³/mol. The number of esters is 1. The minimum Gasteiger partial charge on any atom is -0.467 e. The summed E-state index contributed by atoms with van der Waals surface area (Å²) >= 11 is 5.85. The molecule has 1 unspecified atom stereocenters. The van der Waals surface area contributed by atoms with Crippen LogP contribution >= 0.6 is 11.6 Å². The molecule has 0 spiro atoms. The lowest BCUT2D eigenvalue weighted by atomic mass is 10.0. The van der Waals surface area contributed by atoms with Gasteiger partial charge in [0.15, 0.2) is 0 Å². The summed E-state index contributed by atoms with van der Waals surface area (Å²) in [6, 6.07) is 6.89. The number of hydrogen-bond acceptors (Lipinski definition) is 4. The van der Waals surface area contributed by atoms with E-state index in [0.717, 1.165) is 5.56 Å². The molecule has 1 rings (SSSR count). The van der Waals surface area contributed by atoms with E-state index in [1.54, 1.807) is 0 Å². The van der Waals surface area contributed by atoms with E-state index in [2.05, 4.69) is 5.32 Å². The Labute approximate surface area is 142 Å². The van der Waals surface area contributed by atoms with Gasteiger partial charge in [-0.15, -0.1) is 0 Å². The summed E-state index contributed by atoms with van der Waals surface area (Å²) in [7, 11) is 3.18. The van der Waals surface area contributed by atoms with E-state index in [-0.39, 0.29) is 18.4 Å². The van der Waals surface area contributed by atoms with Gasteiger partial charge in [0.2, 0.25) is 5.91 Å². The van der Waals surface area contributed by atoms with E-state index in [1.807, 2.05) is 50.1 Å². The Morgan fingerprint density at radius 1 is 1.26 bits per heavy atom. The number of benzene rings is 1. The fraction of sp³-hybridized carbons (Fsp3) is 0.529. The fourth-order valence-corrected chi connectivity index (χ4v) is 2.40. The van der Waals surface area contributed by atoms with Crippen molar-refractivity contribution in [2.24, 2.45) is 5.92 Å². The van der Waals surface area contributed by atoms with Crippen LogP contribution in [-0.4, -0.2) is 43.5 Å². The third-order valence-corrected chi connectivity index (χ3v) is 3.56. The van der Waals surface area contributed by atoms with Crippen LogP contribution in [0.25, 0.3) is 0 Å². The van der Waals surface area contributed by atoms with Crippen LogP contribution in [0, 0.1) is 5.92 Å². The van der Waals surface area contributed by atoms with Gasteiger partial charge in [-0.25, -0.2) is 4.79 Å². The molecule has 6 heteroatoms. The molecule has 1 atom stereocenters. The zero-order valence-electron chi connectivity index (χ0n) is 14.1. The Morgan fingerprint density at radius 3 is 2.39 bits per heavy atom. The van der Waals surface area contributed by atoms with Gasteiger partial charge >= 0.3 is 5.97 Å². The number of likely N-dealkylation sites (N-methyl/N-ethyl adjacent to an activating group) is 1. The lowest BCUT2D eigenvalue weighted by Crippen LogP contribution is -2.45. The van der Waals surface area contributed by atoms with Crippen molar-refractivity contribution in [2.45, 2.75) is 32.9 Å². The maximum Gasteiger partial charge on any atom is 0.328 e. The zero-order chi connectivity index (χ0) is 17.4. The molecule has 0 saturated heterocycles. The second-order valence-electron chi connectivity index (χ2n) is 6.07. The number of carbonyl (C=O) groups is 2. The first-order valence-electron chi connectivity index (χ1n) is 7.62. The highest BCUT2D eigenvalue weighted by molar-refractivity contribution is 6.30. The third kappa shape index (κ3) is 7.48. The van der Waals surface area contributed by atoms with Crippen LogP contribution < -0.4 is 5.32 Å². The first-order chi connectivity index (χ1) is 10.8. The molecule has 1 aromatic rings. The maximum absolute atomic E-state index is 12.1. The van der Waals surface area contributed by atoms with Crippen molar-refractivity contribution in [3.05, 3.63) is 34.9 Å². The highest BCUT2D eigenvalue weighted by Gasteiger charge is 2.22. The largest absolute Gasteiger partial charge is 0.467 e. The number of nitrogens with one attached hydrogen (secondary N) is 1. The molecule has 0 saturated carbocycles. The molecule has 23 heavy (non-hydrogen) atoms. The topological polar surface area (TPSA) is 58.6 Å². The number of halogens is 1. The van der Waals surface area contributed by atoms with E-state index < -0.39 is 12.0 Å². The van der Waals surface area contributed by atoms with E-state index in [4.69, 9.17) is 16.3 Å². The minimum atomic E-state index is -0.601. The summed E-state index contributed by atoms with van der Waals surface area (Å²) in [5.41, 5.74) is 1.07. The molecule has 128 valence electrons. The molecule has 0 aliphatic carbocycles. The molecule has 0 fully saturated rings. The lowest BCUT2D eigenvalue weighted by Gasteiger charge is -2.21. The zero-order valence-corrected chi connectivity index (χ0v) is 14.9. The summed E-state index contributed by atoms with van der Waals surface area (Å²) in [5, 5.41) is 3.43. The number of amides is 1.